The molecule has 1 aromatic carbocycles. The minimum Gasteiger partial charge on any atom is -0.306 e. The number of likely N-dealkylation sites (N-methyl/N-ethyl adjacent to an activating group) is 1. The van der Waals surface area contributed by atoms with Gasteiger partial charge in [0.15, 0.2) is 0 Å². The lowest BCUT2D eigenvalue weighted by Crippen LogP contribution is -2.36. The van der Waals surface area contributed by atoms with Gasteiger partial charge in [0.05, 0.1) is 0 Å². The van der Waals surface area contributed by atoms with Crippen LogP contribution in [0.2, 0.25) is 0 Å². The number of nitrogens with zero attached hydrogens (tertiary/aromatic N) is 1. The summed E-state index contributed by atoms with van der Waals surface area (Å²) in [5.74, 6) is 0.741. The van der Waals surface area contributed by atoms with Crippen molar-refractivity contribution in [2.24, 2.45) is 0 Å². The van der Waals surface area contributed by atoms with Gasteiger partial charge in [-0.1, -0.05) is 37.1 Å². The molecule has 1 heteroatoms. The van der Waals surface area contributed by atoms with Crippen LogP contribution in [0.25, 0.3) is 0 Å². The van der Waals surface area contributed by atoms with Gasteiger partial charge in [-0.3, -0.25) is 0 Å². The van der Waals surface area contributed by atoms with Crippen LogP contribution in [-0.2, 0) is 0 Å². The van der Waals surface area contributed by atoms with E-state index >= 15 is 0 Å². The molecule has 0 heterocycles. The van der Waals surface area contributed by atoms with Gasteiger partial charge in [-0.2, -0.15) is 0 Å². The van der Waals surface area contributed by atoms with E-state index < -0.39 is 0 Å². The summed E-state index contributed by atoms with van der Waals surface area (Å²) >= 11 is 0. The average Bonchev–Trinajstić information content (AvgIpc) is 2.29. The maximum atomic E-state index is 2.41. The van der Waals surface area contributed by atoms with Crippen LogP contribution in [0, 0.1) is 6.92 Å². The molecule has 0 N–H and O–H groups in total. The molecule has 1 fully saturated rings. The molecule has 1 aromatic rings. The second-order valence-corrected chi connectivity index (χ2v) is 5.28. The standard InChI is InChI=1S/C15H23N/c1-12-8-4-5-9-13(12)14-10-6-7-11-15(14)16(2)3/h4-5,8-9,14-15H,6-7,10-11H2,1-3H3/t14-,15-/m1/s1. The topological polar surface area (TPSA) is 3.24 Å². The Balaban J connectivity index is 2.27. The van der Waals surface area contributed by atoms with E-state index in [9.17, 15) is 0 Å². The Kier molecular flexibility index (Phi) is 3.65. The zero-order valence-electron chi connectivity index (χ0n) is 10.7. The van der Waals surface area contributed by atoms with Gasteiger partial charge in [0.25, 0.3) is 0 Å². The van der Waals surface area contributed by atoms with Crippen LogP contribution in [0.4, 0.5) is 0 Å². The molecule has 0 bridgehead atoms. The van der Waals surface area contributed by atoms with Crippen LogP contribution >= 0.6 is 0 Å². The number of aryl methyl sites for hydroxylation is 1. The monoisotopic (exact) mass is 217 g/mol. The lowest BCUT2D eigenvalue weighted by atomic mass is 9.78. The van der Waals surface area contributed by atoms with Gasteiger partial charge in [-0.25, -0.2) is 0 Å². The van der Waals surface area contributed by atoms with E-state index in [1.165, 1.54) is 31.2 Å². The molecule has 0 unspecified atom stereocenters. The molecule has 1 nitrogen and oxygen atoms in total. The third-order valence-electron chi connectivity index (χ3n) is 3.98. The minimum absolute atomic E-state index is 0.731. The molecular weight excluding hydrogens is 194 g/mol. The minimum atomic E-state index is 0.731. The van der Waals surface area contributed by atoms with Crippen molar-refractivity contribution >= 4 is 0 Å². The zero-order valence-corrected chi connectivity index (χ0v) is 10.7. The van der Waals surface area contributed by atoms with Crippen LogP contribution in [0.1, 0.15) is 42.7 Å². The molecule has 1 saturated carbocycles. The molecule has 1 aliphatic rings. The molecule has 0 aliphatic heterocycles. The number of rotatable bonds is 2. The smallest absolute Gasteiger partial charge is 0.0158 e. The van der Waals surface area contributed by atoms with Crippen molar-refractivity contribution in [3.63, 3.8) is 0 Å². The van der Waals surface area contributed by atoms with Gasteiger partial charge in [0.2, 0.25) is 0 Å². The molecule has 1 aliphatic carbocycles. The van der Waals surface area contributed by atoms with Gasteiger partial charge in [-0.05, 0) is 50.9 Å². The third-order valence-corrected chi connectivity index (χ3v) is 3.98. The van der Waals surface area contributed by atoms with Crippen LogP contribution in [0.3, 0.4) is 0 Å². The molecule has 88 valence electrons. The first-order chi connectivity index (χ1) is 7.70. The van der Waals surface area contributed by atoms with Crippen LogP contribution in [0.5, 0.6) is 0 Å². The summed E-state index contributed by atoms with van der Waals surface area (Å²) in [7, 11) is 4.45. The molecule has 0 spiro atoms. The second kappa shape index (κ2) is 5.01. The van der Waals surface area contributed by atoms with Crippen molar-refractivity contribution in [1.82, 2.24) is 4.90 Å². The Morgan fingerprint density at radius 3 is 2.44 bits per heavy atom. The molecule has 16 heavy (non-hydrogen) atoms. The SMILES string of the molecule is Cc1ccccc1[C@H]1CCCC[C@H]1N(C)C. The lowest BCUT2D eigenvalue weighted by Gasteiger charge is -2.37. The maximum Gasteiger partial charge on any atom is 0.0158 e. The van der Waals surface area contributed by atoms with Crippen molar-refractivity contribution in [3.8, 4) is 0 Å². The van der Waals surface area contributed by atoms with Crippen LogP contribution < -0.4 is 0 Å². The van der Waals surface area contributed by atoms with Crippen molar-refractivity contribution in [1.29, 1.82) is 0 Å². The normalized spacial score (nSPS) is 26.0. The first-order valence-electron chi connectivity index (χ1n) is 6.42. The highest BCUT2D eigenvalue weighted by molar-refractivity contribution is 5.30. The summed E-state index contributed by atoms with van der Waals surface area (Å²) in [6, 6.07) is 9.63. The number of hydrogen-bond donors (Lipinski definition) is 0. The Morgan fingerprint density at radius 1 is 1.06 bits per heavy atom. The summed E-state index contributed by atoms with van der Waals surface area (Å²) < 4.78 is 0. The van der Waals surface area contributed by atoms with Gasteiger partial charge in [0, 0.05) is 6.04 Å². The lowest BCUT2D eigenvalue weighted by molar-refractivity contribution is 0.199. The summed E-state index contributed by atoms with van der Waals surface area (Å²) in [6.45, 7) is 2.25. The quantitative estimate of drug-likeness (QED) is 0.732. The van der Waals surface area contributed by atoms with Crippen molar-refractivity contribution in [2.45, 2.75) is 44.6 Å². The first kappa shape index (κ1) is 11.7. The van der Waals surface area contributed by atoms with Crippen molar-refractivity contribution in [2.75, 3.05) is 14.1 Å². The van der Waals surface area contributed by atoms with E-state index in [-0.39, 0.29) is 0 Å². The van der Waals surface area contributed by atoms with E-state index in [0.29, 0.717) is 0 Å². The summed E-state index contributed by atoms with van der Waals surface area (Å²) in [5, 5.41) is 0. The Bertz CT molecular complexity index is 343. The van der Waals surface area contributed by atoms with Crippen LogP contribution in [-0.4, -0.2) is 25.0 Å². The molecule has 0 saturated heterocycles. The zero-order chi connectivity index (χ0) is 11.5. The van der Waals surface area contributed by atoms with Gasteiger partial charge in [0.1, 0.15) is 0 Å². The summed E-state index contributed by atoms with van der Waals surface area (Å²) in [5.41, 5.74) is 3.03. The molecule has 0 aromatic heterocycles. The highest BCUT2D eigenvalue weighted by Crippen LogP contribution is 2.36. The highest BCUT2D eigenvalue weighted by atomic mass is 15.1. The van der Waals surface area contributed by atoms with E-state index in [1.54, 1.807) is 5.56 Å². The first-order valence-corrected chi connectivity index (χ1v) is 6.42. The third kappa shape index (κ3) is 2.30. The predicted molar refractivity (Wildman–Crippen MR) is 69.9 cm³/mol. The van der Waals surface area contributed by atoms with E-state index in [2.05, 4.69) is 50.2 Å². The maximum absolute atomic E-state index is 2.41. The molecular formula is C15H23N. The fourth-order valence-corrected chi connectivity index (χ4v) is 3.09. The molecule has 2 rings (SSSR count). The highest BCUT2D eigenvalue weighted by Gasteiger charge is 2.28. The van der Waals surface area contributed by atoms with Gasteiger partial charge in [-0.15, -0.1) is 0 Å². The van der Waals surface area contributed by atoms with E-state index in [0.717, 1.165) is 12.0 Å². The summed E-state index contributed by atoms with van der Waals surface area (Å²) in [6.07, 6.45) is 5.49. The van der Waals surface area contributed by atoms with E-state index in [4.69, 9.17) is 0 Å². The number of hydrogen-bond acceptors (Lipinski definition) is 1. The number of benzene rings is 1. The molecule has 0 radical (unpaired) electrons. The van der Waals surface area contributed by atoms with Crippen molar-refractivity contribution < 1.29 is 0 Å². The average molecular weight is 217 g/mol. The largest absolute Gasteiger partial charge is 0.306 e. The van der Waals surface area contributed by atoms with E-state index in [1.807, 2.05) is 0 Å². The summed E-state index contributed by atoms with van der Waals surface area (Å²) in [4.78, 5) is 2.41. The van der Waals surface area contributed by atoms with Gasteiger partial charge >= 0.3 is 0 Å². The fraction of sp³-hybridized carbons (Fsp3) is 0.600. The second-order valence-electron chi connectivity index (χ2n) is 5.28. The Labute approximate surface area is 99.5 Å². The predicted octanol–water partition coefficient (Wildman–Crippen LogP) is 3.58. The van der Waals surface area contributed by atoms with Crippen molar-refractivity contribution in [3.05, 3.63) is 35.4 Å². The Morgan fingerprint density at radius 2 is 1.75 bits per heavy atom. The molecule has 0 amide bonds. The Hall–Kier alpha value is -0.820. The van der Waals surface area contributed by atoms with Gasteiger partial charge < -0.3 is 4.90 Å². The van der Waals surface area contributed by atoms with Crippen LogP contribution in [0.15, 0.2) is 24.3 Å². The molecule has 2 atom stereocenters. The fourth-order valence-electron chi connectivity index (χ4n) is 3.09.